The lowest BCUT2D eigenvalue weighted by Gasteiger charge is -2.26. The minimum absolute atomic E-state index is 0.528. The first kappa shape index (κ1) is 13.6. The molecule has 2 heterocycles. The summed E-state index contributed by atoms with van der Waals surface area (Å²) in [6.07, 6.45) is 4.69. The molecule has 1 saturated heterocycles. The van der Waals surface area contributed by atoms with E-state index in [1.165, 1.54) is 12.8 Å². The summed E-state index contributed by atoms with van der Waals surface area (Å²) in [6, 6.07) is 2.42. The van der Waals surface area contributed by atoms with Crippen LogP contribution in [0.15, 0.2) is 6.07 Å². The molecule has 1 aliphatic heterocycles. The molecule has 1 aromatic heterocycles. The Morgan fingerprint density at radius 1 is 1.50 bits per heavy atom. The molecule has 1 aromatic rings. The number of hydrogen-bond donors (Lipinski definition) is 0. The van der Waals surface area contributed by atoms with Gasteiger partial charge in [-0.3, -0.25) is 0 Å². The second kappa shape index (κ2) is 6.34. The molecule has 100 valence electrons. The highest BCUT2D eigenvalue weighted by Crippen LogP contribution is 2.27. The predicted molar refractivity (Wildman–Crippen MR) is 73.3 cm³/mol. The Labute approximate surface area is 113 Å². The maximum absolute atomic E-state index is 6.01. The quantitative estimate of drug-likeness (QED) is 0.609. The summed E-state index contributed by atoms with van der Waals surface area (Å²) in [5.41, 5.74) is 0. The summed E-state index contributed by atoms with van der Waals surface area (Å²) in [4.78, 5) is 11.0. The van der Waals surface area contributed by atoms with Gasteiger partial charge in [0.25, 0.3) is 0 Å². The van der Waals surface area contributed by atoms with Crippen molar-refractivity contribution in [1.82, 2.24) is 9.97 Å². The first-order chi connectivity index (χ1) is 8.70. The van der Waals surface area contributed by atoms with Crippen molar-refractivity contribution in [3.63, 3.8) is 0 Å². The molecule has 0 amide bonds. The van der Waals surface area contributed by atoms with E-state index in [1.807, 2.05) is 13.0 Å². The summed E-state index contributed by atoms with van der Waals surface area (Å²) < 4.78 is 5.12. The molecule has 4 nitrogen and oxygen atoms in total. The zero-order valence-corrected chi connectivity index (χ0v) is 11.8. The van der Waals surface area contributed by atoms with Crippen LogP contribution in [0, 0.1) is 6.92 Å². The SMILES string of the molecule is COCCCC1CCCN1c1cc(Cl)nc(C)n1. The molecule has 5 heteroatoms. The van der Waals surface area contributed by atoms with Crippen LogP contribution in [0.2, 0.25) is 5.15 Å². The maximum Gasteiger partial charge on any atom is 0.134 e. The molecular weight excluding hydrogens is 250 g/mol. The molecule has 0 aromatic carbocycles. The fourth-order valence-corrected chi connectivity index (χ4v) is 2.78. The van der Waals surface area contributed by atoms with Gasteiger partial charge in [0.1, 0.15) is 16.8 Å². The van der Waals surface area contributed by atoms with Crippen molar-refractivity contribution in [2.75, 3.05) is 25.2 Å². The van der Waals surface area contributed by atoms with E-state index in [-0.39, 0.29) is 0 Å². The summed E-state index contributed by atoms with van der Waals surface area (Å²) in [7, 11) is 1.75. The molecule has 1 fully saturated rings. The van der Waals surface area contributed by atoms with Crippen molar-refractivity contribution in [2.45, 2.75) is 38.6 Å². The largest absolute Gasteiger partial charge is 0.385 e. The Bertz CT molecular complexity index is 380. The molecule has 0 radical (unpaired) electrons. The minimum Gasteiger partial charge on any atom is -0.385 e. The third-order valence-electron chi connectivity index (χ3n) is 3.35. The minimum atomic E-state index is 0.528. The van der Waals surface area contributed by atoms with Gasteiger partial charge in [-0.2, -0.15) is 0 Å². The van der Waals surface area contributed by atoms with Crippen molar-refractivity contribution in [1.29, 1.82) is 0 Å². The van der Waals surface area contributed by atoms with E-state index >= 15 is 0 Å². The summed E-state index contributed by atoms with van der Waals surface area (Å²) in [5.74, 6) is 1.70. The molecule has 1 aliphatic rings. The smallest absolute Gasteiger partial charge is 0.134 e. The standard InChI is InChI=1S/C13H20ClN3O/c1-10-15-12(14)9-13(16-10)17-7-3-5-11(17)6-4-8-18-2/h9,11H,3-8H2,1-2H3. The number of aryl methyl sites for hydroxylation is 1. The Morgan fingerprint density at radius 2 is 2.33 bits per heavy atom. The zero-order chi connectivity index (χ0) is 13.0. The average Bonchev–Trinajstić information content (AvgIpc) is 2.76. The molecule has 0 aliphatic carbocycles. The average molecular weight is 270 g/mol. The van der Waals surface area contributed by atoms with Crippen molar-refractivity contribution in [3.8, 4) is 0 Å². The molecule has 1 atom stereocenters. The fraction of sp³-hybridized carbons (Fsp3) is 0.692. The van der Waals surface area contributed by atoms with Gasteiger partial charge in [0.2, 0.25) is 0 Å². The summed E-state index contributed by atoms with van der Waals surface area (Å²) in [6.45, 7) is 3.77. The number of nitrogens with zero attached hydrogens (tertiary/aromatic N) is 3. The van der Waals surface area contributed by atoms with Crippen LogP contribution in [0.25, 0.3) is 0 Å². The second-order valence-corrected chi connectivity index (χ2v) is 5.11. The summed E-state index contributed by atoms with van der Waals surface area (Å²) in [5, 5.41) is 0.528. The molecule has 1 unspecified atom stereocenters. The number of halogens is 1. The van der Waals surface area contributed by atoms with Crippen molar-refractivity contribution in [3.05, 3.63) is 17.0 Å². The highest BCUT2D eigenvalue weighted by molar-refractivity contribution is 6.29. The van der Waals surface area contributed by atoms with Gasteiger partial charge in [0.15, 0.2) is 0 Å². The van der Waals surface area contributed by atoms with Crippen molar-refractivity contribution in [2.24, 2.45) is 0 Å². The number of hydrogen-bond acceptors (Lipinski definition) is 4. The van der Waals surface area contributed by atoms with Gasteiger partial charge in [-0.15, -0.1) is 0 Å². The van der Waals surface area contributed by atoms with E-state index in [0.29, 0.717) is 11.2 Å². The first-order valence-electron chi connectivity index (χ1n) is 6.47. The van der Waals surface area contributed by atoms with E-state index in [1.54, 1.807) is 7.11 Å². The lowest BCUT2D eigenvalue weighted by Crippen LogP contribution is -2.30. The Balaban J connectivity index is 2.05. The van der Waals surface area contributed by atoms with Crippen LogP contribution >= 0.6 is 11.6 Å². The number of rotatable bonds is 5. The molecule has 0 saturated carbocycles. The van der Waals surface area contributed by atoms with Gasteiger partial charge >= 0.3 is 0 Å². The topological polar surface area (TPSA) is 38.2 Å². The van der Waals surface area contributed by atoms with E-state index in [9.17, 15) is 0 Å². The van der Waals surface area contributed by atoms with Crippen LogP contribution in [0.3, 0.4) is 0 Å². The van der Waals surface area contributed by atoms with Gasteiger partial charge in [0.05, 0.1) is 0 Å². The fourth-order valence-electron chi connectivity index (χ4n) is 2.56. The van der Waals surface area contributed by atoms with E-state index in [4.69, 9.17) is 16.3 Å². The van der Waals surface area contributed by atoms with Crippen LogP contribution in [0.5, 0.6) is 0 Å². The molecule has 18 heavy (non-hydrogen) atoms. The van der Waals surface area contributed by atoms with Crippen LogP contribution in [-0.2, 0) is 4.74 Å². The molecule has 2 rings (SSSR count). The third-order valence-corrected chi connectivity index (χ3v) is 3.54. The monoisotopic (exact) mass is 269 g/mol. The van der Waals surface area contributed by atoms with E-state index in [2.05, 4.69) is 14.9 Å². The normalized spacial score (nSPS) is 19.5. The van der Waals surface area contributed by atoms with Gasteiger partial charge in [0, 0.05) is 32.4 Å². The molecule has 0 N–H and O–H groups in total. The lowest BCUT2D eigenvalue weighted by atomic mass is 10.1. The maximum atomic E-state index is 6.01. The third kappa shape index (κ3) is 3.33. The van der Waals surface area contributed by atoms with Crippen LogP contribution in [0.4, 0.5) is 5.82 Å². The lowest BCUT2D eigenvalue weighted by molar-refractivity contribution is 0.190. The first-order valence-corrected chi connectivity index (χ1v) is 6.85. The second-order valence-electron chi connectivity index (χ2n) is 4.72. The van der Waals surface area contributed by atoms with Crippen LogP contribution in [-0.4, -0.2) is 36.3 Å². The molecular formula is C13H20ClN3O. The number of aromatic nitrogens is 2. The highest BCUT2D eigenvalue weighted by atomic mass is 35.5. The number of methoxy groups -OCH3 is 1. The Hall–Kier alpha value is -0.870. The number of anilines is 1. The van der Waals surface area contributed by atoms with Crippen LogP contribution in [0.1, 0.15) is 31.5 Å². The predicted octanol–water partition coefficient (Wildman–Crippen LogP) is 2.83. The Morgan fingerprint density at radius 3 is 3.06 bits per heavy atom. The van der Waals surface area contributed by atoms with E-state index in [0.717, 1.165) is 37.6 Å². The molecule has 0 bridgehead atoms. The van der Waals surface area contributed by atoms with Gasteiger partial charge in [-0.05, 0) is 32.6 Å². The Kier molecular flexibility index (Phi) is 4.78. The van der Waals surface area contributed by atoms with Crippen molar-refractivity contribution < 1.29 is 4.74 Å². The van der Waals surface area contributed by atoms with Gasteiger partial charge in [-0.25, -0.2) is 9.97 Å². The highest BCUT2D eigenvalue weighted by Gasteiger charge is 2.25. The van der Waals surface area contributed by atoms with Gasteiger partial charge in [-0.1, -0.05) is 11.6 Å². The van der Waals surface area contributed by atoms with Crippen LogP contribution < -0.4 is 4.90 Å². The zero-order valence-electron chi connectivity index (χ0n) is 11.0. The summed E-state index contributed by atoms with van der Waals surface area (Å²) >= 11 is 6.01. The van der Waals surface area contributed by atoms with E-state index < -0.39 is 0 Å². The number of ether oxygens (including phenoxy) is 1. The van der Waals surface area contributed by atoms with Crippen molar-refractivity contribution >= 4 is 17.4 Å². The molecule has 0 spiro atoms. The van der Waals surface area contributed by atoms with Gasteiger partial charge < -0.3 is 9.64 Å².